The van der Waals surface area contributed by atoms with Crippen molar-refractivity contribution in [2.24, 2.45) is 13.0 Å². The van der Waals surface area contributed by atoms with Crippen LogP contribution in [0.2, 0.25) is 5.02 Å². The van der Waals surface area contributed by atoms with Crippen molar-refractivity contribution in [3.8, 4) is 0 Å². The number of likely N-dealkylation sites (tertiary alicyclic amines) is 1. The molecule has 2 N–H and O–H groups in total. The number of aromatic nitrogens is 4. The summed E-state index contributed by atoms with van der Waals surface area (Å²) in [5.74, 6) is -0.121. The molecule has 14 nitrogen and oxygen atoms in total. The number of hydrogen-bond donors (Lipinski definition) is 2. The van der Waals surface area contributed by atoms with Crippen molar-refractivity contribution in [1.82, 2.24) is 33.6 Å². The van der Waals surface area contributed by atoms with Gasteiger partial charge in [-0.05, 0) is 99.7 Å². The SMILES string of the molecule is Cn1c(=O)n(C2CCC(=O)NC2=O)c2cccc(C3CCN(CC4CCN(c5cc(F)cc(S(=O)(=O)N6CCC(Nc7ncc(Cl)cn7)CC6)c5)CC4)CC3)c21. The van der Waals surface area contributed by atoms with E-state index < -0.39 is 27.8 Å². The molecule has 4 saturated heterocycles. The maximum absolute atomic E-state index is 15.0. The Labute approximate surface area is 330 Å². The fourth-order valence-corrected chi connectivity index (χ4v) is 10.7. The van der Waals surface area contributed by atoms with Gasteiger partial charge in [-0.15, -0.1) is 0 Å². The summed E-state index contributed by atoms with van der Waals surface area (Å²) >= 11 is 5.88. The number of carbonyl (C=O) groups excluding carboxylic acids is 2. The highest BCUT2D eigenvalue weighted by Gasteiger charge is 2.34. The third-order valence-electron chi connectivity index (χ3n) is 12.1. The number of nitrogens with one attached hydrogen (secondary N) is 2. The number of benzene rings is 2. The van der Waals surface area contributed by atoms with Crippen LogP contribution in [0.25, 0.3) is 11.0 Å². The minimum absolute atomic E-state index is 0.0109. The number of rotatable bonds is 9. The lowest BCUT2D eigenvalue weighted by Gasteiger charge is -2.38. The van der Waals surface area contributed by atoms with Gasteiger partial charge in [-0.25, -0.2) is 27.6 Å². The van der Waals surface area contributed by atoms with Gasteiger partial charge in [0.2, 0.25) is 27.8 Å². The Morgan fingerprint density at radius 3 is 2.32 bits per heavy atom. The van der Waals surface area contributed by atoms with E-state index >= 15 is 4.39 Å². The van der Waals surface area contributed by atoms with E-state index in [1.807, 2.05) is 12.1 Å². The minimum atomic E-state index is -3.89. The highest BCUT2D eigenvalue weighted by atomic mass is 35.5. The van der Waals surface area contributed by atoms with E-state index in [2.05, 4.69) is 36.5 Å². The Morgan fingerprint density at radius 2 is 1.62 bits per heavy atom. The second kappa shape index (κ2) is 15.9. The smallest absolute Gasteiger partial charge is 0.329 e. The van der Waals surface area contributed by atoms with Gasteiger partial charge in [0, 0.05) is 57.9 Å². The first-order valence-electron chi connectivity index (χ1n) is 19.5. The molecular weight excluding hydrogens is 761 g/mol. The molecule has 4 aromatic rings. The topological polar surface area (TPSA) is 155 Å². The third kappa shape index (κ3) is 7.80. The van der Waals surface area contributed by atoms with Gasteiger partial charge >= 0.3 is 5.69 Å². The van der Waals surface area contributed by atoms with Crippen LogP contribution in [0.1, 0.15) is 68.9 Å². The molecule has 0 spiro atoms. The molecular formula is C39H47ClFN9O5S. The third-order valence-corrected chi connectivity index (χ3v) is 14.2. The fourth-order valence-electron chi connectivity index (χ4n) is 9.03. The molecule has 2 aromatic heterocycles. The second-order valence-corrected chi connectivity index (χ2v) is 18.0. The molecule has 17 heteroatoms. The van der Waals surface area contributed by atoms with Gasteiger partial charge in [0.25, 0.3) is 0 Å². The number of sulfonamides is 1. The summed E-state index contributed by atoms with van der Waals surface area (Å²) < 4.78 is 47.0. The van der Waals surface area contributed by atoms with Gasteiger partial charge in [0.15, 0.2) is 0 Å². The average Bonchev–Trinajstić information content (AvgIpc) is 3.45. The van der Waals surface area contributed by atoms with E-state index in [4.69, 9.17) is 11.6 Å². The summed E-state index contributed by atoms with van der Waals surface area (Å²) in [5, 5.41) is 6.06. The summed E-state index contributed by atoms with van der Waals surface area (Å²) in [6, 6.07) is 9.40. The van der Waals surface area contributed by atoms with Gasteiger partial charge in [-0.2, -0.15) is 4.31 Å². The van der Waals surface area contributed by atoms with Crippen molar-refractivity contribution < 1.29 is 22.4 Å². The summed E-state index contributed by atoms with van der Waals surface area (Å²) in [7, 11) is -2.13. The molecule has 4 aliphatic heterocycles. The Balaban J connectivity index is 0.848. The molecule has 1 unspecified atom stereocenters. The molecule has 2 amide bonds. The van der Waals surface area contributed by atoms with Crippen LogP contribution in [0.4, 0.5) is 16.0 Å². The molecule has 8 rings (SSSR count). The normalized spacial score (nSPS) is 21.5. The molecule has 6 heterocycles. The number of para-hydroxylation sites is 1. The minimum Gasteiger partial charge on any atom is -0.371 e. The quantitative estimate of drug-likeness (QED) is 0.235. The lowest BCUT2D eigenvalue weighted by atomic mass is 9.87. The standard InChI is InChI=1S/C39H47ClFN9O5S/c1-46-36-32(3-2-4-33(36)50(39(46)53)34-5-6-35(51)45-37(34)52)26-9-13-47(14-10-26)24-25-7-15-48(16-8-25)30-19-28(41)20-31(21-30)56(54,55)49-17-11-29(12-18-49)44-38-42-22-27(40)23-43-38/h2-4,19-23,25-26,29,34H,5-18,24H2,1H3,(H,42,43,44)(H,45,51,52). The van der Waals surface area contributed by atoms with Crippen LogP contribution in [0, 0.1) is 11.7 Å². The van der Waals surface area contributed by atoms with E-state index in [0.717, 1.165) is 68.0 Å². The van der Waals surface area contributed by atoms with Gasteiger partial charge in [-0.1, -0.05) is 23.7 Å². The number of fused-ring (bicyclic) bond motifs is 1. The van der Waals surface area contributed by atoms with Gasteiger partial charge in [0.1, 0.15) is 11.9 Å². The number of halogens is 2. The lowest BCUT2D eigenvalue weighted by Crippen LogP contribution is -2.44. The summed E-state index contributed by atoms with van der Waals surface area (Å²) in [6.07, 6.45) is 8.39. The molecule has 1 atom stereocenters. The Morgan fingerprint density at radius 1 is 0.911 bits per heavy atom. The van der Waals surface area contributed by atoms with Crippen molar-refractivity contribution in [3.05, 3.63) is 75.7 Å². The van der Waals surface area contributed by atoms with Crippen LogP contribution in [-0.2, 0) is 26.7 Å². The predicted octanol–water partition coefficient (Wildman–Crippen LogP) is 4.26. The van der Waals surface area contributed by atoms with Crippen molar-refractivity contribution in [2.75, 3.05) is 56.0 Å². The van der Waals surface area contributed by atoms with E-state index in [9.17, 15) is 22.8 Å². The van der Waals surface area contributed by atoms with Crippen molar-refractivity contribution in [1.29, 1.82) is 0 Å². The predicted molar refractivity (Wildman–Crippen MR) is 211 cm³/mol. The number of piperidine rings is 4. The molecule has 0 radical (unpaired) electrons. The molecule has 0 aliphatic carbocycles. The number of carbonyl (C=O) groups is 2. The molecule has 4 fully saturated rings. The molecule has 4 aliphatic rings. The van der Waals surface area contributed by atoms with Gasteiger partial charge < -0.3 is 15.1 Å². The first-order chi connectivity index (χ1) is 26.9. The average molecular weight is 808 g/mol. The van der Waals surface area contributed by atoms with Crippen LogP contribution < -0.4 is 21.2 Å². The van der Waals surface area contributed by atoms with E-state index in [0.29, 0.717) is 68.0 Å². The lowest BCUT2D eigenvalue weighted by molar-refractivity contribution is -0.135. The Hall–Kier alpha value is -4.38. The monoisotopic (exact) mass is 807 g/mol. The van der Waals surface area contributed by atoms with Crippen LogP contribution in [0.3, 0.4) is 0 Å². The number of imidazole rings is 1. The number of imide groups is 1. The summed E-state index contributed by atoms with van der Waals surface area (Å²) in [6.45, 7) is 4.85. The van der Waals surface area contributed by atoms with Crippen molar-refractivity contribution in [3.63, 3.8) is 0 Å². The van der Waals surface area contributed by atoms with Crippen LogP contribution >= 0.6 is 11.6 Å². The molecule has 0 bridgehead atoms. The number of amides is 2. The zero-order valence-electron chi connectivity index (χ0n) is 31.4. The first kappa shape index (κ1) is 38.5. The highest BCUT2D eigenvalue weighted by Crippen LogP contribution is 2.35. The van der Waals surface area contributed by atoms with Crippen LogP contribution in [0.15, 0.2) is 58.5 Å². The van der Waals surface area contributed by atoms with E-state index in [1.165, 1.54) is 22.8 Å². The fraction of sp³-hybridized carbons (Fsp3) is 0.513. The summed E-state index contributed by atoms with van der Waals surface area (Å²) in [5.41, 5.74) is 3.03. The maximum Gasteiger partial charge on any atom is 0.329 e. The second-order valence-electron chi connectivity index (χ2n) is 15.6. The number of hydrogen-bond acceptors (Lipinski definition) is 10. The first-order valence-corrected chi connectivity index (χ1v) is 21.3. The van der Waals surface area contributed by atoms with E-state index in [1.54, 1.807) is 22.2 Å². The Kier molecular flexibility index (Phi) is 10.9. The van der Waals surface area contributed by atoms with Crippen LogP contribution in [0.5, 0.6) is 0 Å². The number of aryl methyl sites for hydroxylation is 1. The number of nitrogens with zero attached hydrogens (tertiary/aromatic N) is 7. The Bertz CT molecular complexity index is 2280. The molecule has 298 valence electrons. The highest BCUT2D eigenvalue weighted by molar-refractivity contribution is 7.89. The zero-order chi connectivity index (χ0) is 39.1. The zero-order valence-corrected chi connectivity index (χ0v) is 32.9. The van der Waals surface area contributed by atoms with Crippen molar-refractivity contribution >= 4 is 56.1 Å². The molecule has 56 heavy (non-hydrogen) atoms. The van der Waals surface area contributed by atoms with Gasteiger partial charge in [-0.3, -0.25) is 24.0 Å². The molecule has 2 aromatic carbocycles. The summed E-state index contributed by atoms with van der Waals surface area (Å²) in [4.78, 5) is 50.8. The van der Waals surface area contributed by atoms with Crippen molar-refractivity contribution in [2.45, 2.75) is 74.3 Å². The van der Waals surface area contributed by atoms with E-state index in [-0.39, 0.29) is 34.9 Å². The van der Waals surface area contributed by atoms with Gasteiger partial charge in [0.05, 0.1) is 33.3 Å². The largest absolute Gasteiger partial charge is 0.371 e. The maximum atomic E-state index is 15.0. The number of anilines is 2. The molecule has 0 saturated carbocycles. The van der Waals surface area contributed by atoms with Crippen LogP contribution in [-0.4, -0.2) is 100 Å².